The highest BCUT2D eigenvalue weighted by Crippen LogP contribution is 2.41. The van der Waals surface area contributed by atoms with Crippen LogP contribution in [0.3, 0.4) is 0 Å². The number of piperidine rings is 1. The number of furan rings is 1. The van der Waals surface area contributed by atoms with Crippen molar-refractivity contribution < 1.29 is 24.0 Å². The van der Waals surface area contributed by atoms with Gasteiger partial charge in [0.2, 0.25) is 5.78 Å². The summed E-state index contributed by atoms with van der Waals surface area (Å²) in [5.41, 5.74) is 2.76. The van der Waals surface area contributed by atoms with Gasteiger partial charge in [0, 0.05) is 23.3 Å². The van der Waals surface area contributed by atoms with E-state index in [0.29, 0.717) is 35.5 Å². The van der Waals surface area contributed by atoms with Crippen LogP contribution in [-0.2, 0) is 6.54 Å². The van der Waals surface area contributed by atoms with Crippen LogP contribution in [0, 0.1) is 18.8 Å². The number of likely N-dealkylation sites (tertiary alicyclic amines) is 1. The van der Waals surface area contributed by atoms with E-state index < -0.39 is 0 Å². The molecule has 2 aliphatic rings. The maximum Gasteiger partial charge on any atom is 0.232 e. The molecule has 2 N–H and O–H groups in total. The normalized spacial score (nSPS) is 24.5. The predicted octanol–water partition coefficient (Wildman–Crippen LogP) is 4.12. The Morgan fingerprint density at radius 1 is 1.16 bits per heavy atom. The SMILES string of the molecule is Cc1cc(O)c(C[NH+]2CC(C)CC(C)C2)c2c1C(=O)C(=Cc1cc3ccccc3o1)O2. The molecule has 0 saturated carbocycles. The fourth-order valence-corrected chi connectivity index (χ4v) is 5.27. The highest BCUT2D eigenvalue weighted by Gasteiger charge is 2.35. The van der Waals surface area contributed by atoms with Crippen molar-refractivity contribution in [2.24, 2.45) is 11.8 Å². The molecule has 2 aliphatic heterocycles. The molecule has 2 atom stereocenters. The first-order valence-electron chi connectivity index (χ1n) is 11.0. The molecule has 1 fully saturated rings. The molecule has 2 unspecified atom stereocenters. The fraction of sp³-hybridized carbons (Fsp3) is 0.346. The maximum atomic E-state index is 13.2. The number of hydrogen-bond donors (Lipinski definition) is 2. The van der Waals surface area contributed by atoms with Crippen LogP contribution in [0.2, 0.25) is 0 Å². The minimum Gasteiger partial charge on any atom is -0.507 e. The van der Waals surface area contributed by atoms with Gasteiger partial charge in [-0.05, 0) is 37.1 Å². The van der Waals surface area contributed by atoms with Gasteiger partial charge in [-0.3, -0.25) is 4.79 Å². The summed E-state index contributed by atoms with van der Waals surface area (Å²) in [7, 11) is 0. The zero-order valence-electron chi connectivity index (χ0n) is 18.2. The number of carbonyl (C=O) groups excluding carboxylic acids is 1. The second kappa shape index (κ2) is 7.57. The lowest BCUT2D eigenvalue weighted by molar-refractivity contribution is -0.925. The molecule has 31 heavy (non-hydrogen) atoms. The third kappa shape index (κ3) is 3.63. The first kappa shape index (κ1) is 19.9. The average Bonchev–Trinajstić information content (AvgIpc) is 3.25. The van der Waals surface area contributed by atoms with Crippen molar-refractivity contribution >= 4 is 22.8 Å². The average molecular weight is 419 g/mol. The van der Waals surface area contributed by atoms with Crippen LogP contribution in [-0.4, -0.2) is 24.0 Å². The number of hydrogen-bond acceptors (Lipinski definition) is 4. The number of para-hydroxylation sites is 1. The van der Waals surface area contributed by atoms with Crippen molar-refractivity contribution in [2.75, 3.05) is 13.1 Å². The molecule has 0 bridgehead atoms. The monoisotopic (exact) mass is 418 g/mol. The number of fused-ring (bicyclic) bond motifs is 2. The molecular weight excluding hydrogens is 390 g/mol. The minimum absolute atomic E-state index is 0.162. The van der Waals surface area contributed by atoms with E-state index in [2.05, 4.69) is 13.8 Å². The molecule has 5 nitrogen and oxygen atoms in total. The van der Waals surface area contributed by atoms with Crippen molar-refractivity contribution in [1.29, 1.82) is 0 Å². The zero-order chi connectivity index (χ0) is 21.7. The molecule has 0 aliphatic carbocycles. The number of quaternary nitrogens is 1. The van der Waals surface area contributed by atoms with Crippen LogP contribution in [0.1, 0.15) is 47.5 Å². The predicted molar refractivity (Wildman–Crippen MR) is 119 cm³/mol. The summed E-state index contributed by atoms with van der Waals surface area (Å²) in [5, 5.41) is 11.7. The first-order chi connectivity index (χ1) is 14.9. The Morgan fingerprint density at radius 2 is 1.90 bits per heavy atom. The fourth-order valence-electron chi connectivity index (χ4n) is 5.27. The van der Waals surface area contributed by atoms with E-state index in [1.807, 2.05) is 37.3 Å². The van der Waals surface area contributed by atoms with E-state index in [0.717, 1.165) is 35.2 Å². The number of phenols is 1. The molecule has 0 amide bonds. The number of aryl methyl sites for hydroxylation is 1. The van der Waals surface area contributed by atoms with Crippen molar-refractivity contribution in [3.63, 3.8) is 0 Å². The van der Waals surface area contributed by atoms with Gasteiger partial charge in [-0.15, -0.1) is 0 Å². The van der Waals surface area contributed by atoms with E-state index in [4.69, 9.17) is 9.15 Å². The van der Waals surface area contributed by atoms with Gasteiger partial charge >= 0.3 is 0 Å². The van der Waals surface area contributed by atoms with Crippen molar-refractivity contribution in [3.05, 3.63) is 64.6 Å². The Morgan fingerprint density at radius 3 is 2.65 bits per heavy atom. The van der Waals surface area contributed by atoms with Gasteiger partial charge in [-0.1, -0.05) is 32.0 Å². The molecule has 0 radical (unpaired) electrons. The van der Waals surface area contributed by atoms with Gasteiger partial charge in [-0.25, -0.2) is 0 Å². The van der Waals surface area contributed by atoms with Gasteiger partial charge in [0.15, 0.2) is 11.5 Å². The van der Waals surface area contributed by atoms with E-state index in [1.165, 1.54) is 11.3 Å². The number of Topliss-reactive ketones (excluding diaryl/α,β-unsaturated/α-hetero) is 1. The highest BCUT2D eigenvalue weighted by atomic mass is 16.5. The van der Waals surface area contributed by atoms with E-state index >= 15 is 0 Å². The molecule has 3 heterocycles. The van der Waals surface area contributed by atoms with E-state index in [-0.39, 0.29) is 17.3 Å². The molecule has 2 aromatic carbocycles. The van der Waals surface area contributed by atoms with Crippen LogP contribution < -0.4 is 9.64 Å². The summed E-state index contributed by atoms with van der Waals surface area (Å²) >= 11 is 0. The van der Waals surface area contributed by atoms with Gasteiger partial charge in [0.1, 0.15) is 23.6 Å². The summed E-state index contributed by atoms with van der Waals surface area (Å²) in [6.45, 7) is 9.16. The number of nitrogens with one attached hydrogen (secondary N) is 1. The van der Waals surface area contributed by atoms with Crippen LogP contribution in [0.5, 0.6) is 11.5 Å². The third-order valence-electron chi connectivity index (χ3n) is 6.44. The van der Waals surface area contributed by atoms with Crippen molar-refractivity contribution in [2.45, 2.75) is 33.7 Å². The second-order valence-electron chi connectivity index (χ2n) is 9.30. The molecule has 1 aromatic heterocycles. The molecule has 5 heteroatoms. The standard InChI is InChI=1S/C26H27NO4/c1-15-8-16(2)13-27(12-15)14-20-21(28)9-17(3)24-25(29)23(31-26(20)24)11-19-10-18-6-4-5-7-22(18)30-19/h4-7,9-11,15-16,28H,8,12-14H2,1-3H3/p+1. The molecular formula is C26H28NO4+. The Kier molecular flexibility index (Phi) is 4.86. The Bertz CT molecular complexity index is 1160. The van der Waals surface area contributed by atoms with Crippen LogP contribution in [0.4, 0.5) is 0 Å². The number of allylic oxidation sites excluding steroid dienone is 1. The van der Waals surface area contributed by atoms with Gasteiger partial charge < -0.3 is 19.2 Å². The lowest BCUT2D eigenvalue weighted by Crippen LogP contribution is -3.13. The quantitative estimate of drug-likeness (QED) is 0.628. The van der Waals surface area contributed by atoms with Crippen molar-refractivity contribution in [1.82, 2.24) is 0 Å². The van der Waals surface area contributed by atoms with Gasteiger partial charge in [0.25, 0.3) is 0 Å². The molecule has 1 saturated heterocycles. The number of carbonyl (C=O) groups is 1. The first-order valence-corrected chi connectivity index (χ1v) is 11.0. The Hall–Kier alpha value is -3.05. The number of ketones is 1. The summed E-state index contributed by atoms with van der Waals surface area (Å²) in [4.78, 5) is 14.6. The molecule has 3 aromatic rings. The van der Waals surface area contributed by atoms with Crippen LogP contribution >= 0.6 is 0 Å². The van der Waals surface area contributed by atoms with E-state index in [1.54, 1.807) is 12.1 Å². The zero-order valence-corrected chi connectivity index (χ0v) is 18.2. The highest BCUT2D eigenvalue weighted by molar-refractivity contribution is 6.15. The topological polar surface area (TPSA) is 64.1 Å². The lowest BCUT2D eigenvalue weighted by atomic mass is 9.91. The number of ether oxygens (including phenoxy) is 1. The summed E-state index contributed by atoms with van der Waals surface area (Å²) in [6.07, 6.45) is 2.89. The Balaban J connectivity index is 1.50. The van der Waals surface area contributed by atoms with E-state index in [9.17, 15) is 9.90 Å². The number of phenolic OH excluding ortho intramolecular Hbond substituents is 1. The van der Waals surface area contributed by atoms with Gasteiger partial charge in [0.05, 0.1) is 24.2 Å². The second-order valence-corrected chi connectivity index (χ2v) is 9.30. The third-order valence-corrected chi connectivity index (χ3v) is 6.44. The van der Waals surface area contributed by atoms with Crippen LogP contribution in [0.15, 0.2) is 46.6 Å². The number of benzene rings is 2. The van der Waals surface area contributed by atoms with Gasteiger partial charge in [-0.2, -0.15) is 0 Å². The summed E-state index contributed by atoms with van der Waals surface area (Å²) in [6, 6.07) is 11.3. The maximum absolute atomic E-state index is 13.2. The largest absolute Gasteiger partial charge is 0.507 e. The smallest absolute Gasteiger partial charge is 0.232 e. The summed E-state index contributed by atoms with van der Waals surface area (Å²) in [5.74, 6) is 2.64. The number of aromatic hydroxyl groups is 1. The van der Waals surface area contributed by atoms with Crippen LogP contribution in [0.25, 0.3) is 17.0 Å². The molecule has 5 rings (SSSR count). The molecule has 160 valence electrons. The summed E-state index contributed by atoms with van der Waals surface area (Å²) < 4.78 is 11.9. The Labute approximate surface area is 181 Å². The lowest BCUT2D eigenvalue weighted by Gasteiger charge is -2.32. The minimum atomic E-state index is -0.162. The number of rotatable bonds is 3. The molecule has 0 spiro atoms. The van der Waals surface area contributed by atoms with Crippen molar-refractivity contribution in [3.8, 4) is 11.5 Å².